The van der Waals surface area contributed by atoms with E-state index in [1.807, 2.05) is 72.8 Å². The third kappa shape index (κ3) is 6.38. The molecule has 0 heterocycles. The van der Waals surface area contributed by atoms with Crippen LogP contribution in [0.5, 0.6) is 11.5 Å². The van der Waals surface area contributed by atoms with Gasteiger partial charge in [0.15, 0.2) is 11.5 Å². The summed E-state index contributed by atoms with van der Waals surface area (Å²) in [4.78, 5) is 14.4. The summed E-state index contributed by atoms with van der Waals surface area (Å²) in [6, 6.07) is 34.0. The number of carboxylic acid groups (broad SMARTS) is 1. The summed E-state index contributed by atoms with van der Waals surface area (Å²) in [5, 5.41) is 9.97. The largest absolute Gasteiger partial charge is 0.493 e. The highest BCUT2D eigenvalue weighted by molar-refractivity contribution is 5.70. The van der Waals surface area contributed by atoms with Gasteiger partial charge in [0, 0.05) is 18.6 Å². The molecule has 4 aromatic carbocycles. The molecule has 0 spiro atoms. The van der Waals surface area contributed by atoms with Crippen LogP contribution in [0, 0.1) is 0 Å². The van der Waals surface area contributed by atoms with E-state index >= 15 is 0 Å². The molecule has 0 aliphatic heterocycles. The highest BCUT2D eigenvalue weighted by Crippen LogP contribution is 2.37. The predicted octanol–water partition coefficient (Wildman–Crippen LogP) is 7.15. The zero-order valence-corrected chi connectivity index (χ0v) is 21.5. The van der Waals surface area contributed by atoms with E-state index in [0.29, 0.717) is 18.0 Å². The molecule has 37 heavy (non-hydrogen) atoms. The third-order valence-electron chi connectivity index (χ3n) is 6.74. The van der Waals surface area contributed by atoms with E-state index < -0.39 is 5.97 Å². The molecule has 0 radical (unpaired) electrons. The van der Waals surface area contributed by atoms with Gasteiger partial charge in [0.1, 0.15) is 0 Å². The van der Waals surface area contributed by atoms with Gasteiger partial charge in [-0.2, -0.15) is 0 Å². The molecule has 0 aliphatic carbocycles. The van der Waals surface area contributed by atoms with Gasteiger partial charge in [0.05, 0.1) is 20.6 Å². The highest BCUT2D eigenvalue weighted by atomic mass is 16.5. The fraction of sp³-hybridized carbons (Fsp3) is 0.219. The van der Waals surface area contributed by atoms with Crippen LogP contribution in [0.4, 0.5) is 0 Å². The number of hydrogen-bond acceptors (Lipinski definition) is 4. The Morgan fingerprint density at radius 3 is 2.03 bits per heavy atom. The summed E-state index contributed by atoms with van der Waals surface area (Å²) in [6.45, 7) is 2.76. The van der Waals surface area contributed by atoms with E-state index in [1.54, 1.807) is 14.2 Å². The molecule has 0 aromatic heterocycles. The summed E-state index contributed by atoms with van der Waals surface area (Å²) < 4.78 is 10.9. The van der Waals surface area contributed by atoms with Crippen LogP contribution in [0.2, 0.25) is 0 Å². The number of aliphatic carboxylic acids is 1. The SMILES string of the molecule is COc1ccc(-c2cccc([C@H](CC(=O)O)N(Cc3ccccc3)[C@H](C)c3ccccc3)c2)cc1OC. The van der Waals surface area contributed by atoms with Crippen LogP contribution >= 0.6 is 0 Å². The summed E-state index contributed by atoms with van der Waals surface area (Å²) in [5.41, 5.74) is 5.19. The quantitative estimate of drug-likeness (QED) is 0.239. The highest BCUT2D eigenvalue weighted by Gasteiger charge is 2.28. The smallest absolute Gasteiger partial charge is 0.305 e. The van der Waals surface area contributed by atoms with Crippen LogP contribution in [0.25, 0.3) is 11.1 Å². The lowest BCUT2D eigenvalue weighted by Gasteiger charge is -2.37. The number of benzene rings is 4. The Labute approximate surface area is 218 Å². The first-order chi connectivity index (χ1) is 18.0. The lowest BCUT2D eigenvalue weighted by Crippen LogP contribution is -2.32. The molecule has 5 nitrogen and oxygen atoms in total. The summed E-state index contributed by atoms with van der Waals surface area (Å²) in [5.74, 6) is 0.479. The van der Waals surface area contributed by atoms with Crippen molar-refractivity contribution in [1.82, 2.24) is 4.90 Å². The number of carbonyl (C=O) groups is 1. The van der Waals surface area contributed by atoms with E-state index in [9.17, 15) is 9.90 Å². The molecule has 1 N–H and O–H groups in total. The van der Waals surface area contributed by atoms with Crippen molar-refractivity contribution in [3.63, 3.8) is 0 Å². The van der Waals surface area contributed by atoms with Gasteiger partial charge in [-0.1, -0.05) is 84.9 Å². The van der Waals surface area contributed by atoms with Crippen molar-refractivity contribution in [2.45, 2.75) is 32.0 Å². The van der Waals surface area contributed by atoms with E-state index in [0.717, 1.165) is 27.8 Å². The van der Waals surface area contributed by atoms with Crippen LogP contribution in [0.15, 0.2) is 103 Å². The van der Waals surface area contributed by atoms with Crippen molar-refractivity contribution in [2.24, 2.45) is 0 Å². The van der Waals surface area contributed by atoms with Gasteiger partial charge in [-0.05, 0) is 52.9 Å². The van der Waals surface area contributed by atoms with Crippen LogP contribution in [0.1, 0.15) is 42.1 Å². The molecule has 0 saturated heterocycles. The average molecular weight is 496 g/mol. The molecule has 5 heteroatoms. The Bertz CT molecular complexity index is 1310. The monoisotopic (exact) mass is 495 g/mol. The minimum atomic E-state index is -0.833. The van der Waals surface area contributed by atoms with Gasteiger partial charge in [-0.15, -0.1) is 0 Å². The molecular formula is C32H33NO4. The number of carboxylic acids is 1. The number of hydrogen-bond donors (Lipinski definition) is 1. The maximum absolute atomic E-state index is 12.2. The van der Waals surface area contributed by atoms with Gasteiger partial charge in [0.2, 0.25) is 0 Å². The second kappa shape index (κ2) is 12.2. The lowest BCUT2D eigenvalue weighted by molar-refractivity contribution is -0.138. The molecule has 0 unspecified atom stereocenters. The minimum absolute atomic E-state index is 0.00417. The van der Waals surface area contributed by atoms with Crippen LogP contribution in [-0.4, -0.2) is 30.2 Å². The van der Waals surface area contributed by atoms with Crippen molar-refractivity contribution in [1.29, 1.82) is 0 Å². The first-order valence-electron chi connectivity index (χ1n) is 12.4. The van der Waals surface area contributed by atoms with E-state index in [2.05, 4.69) is 42.2 Å². The molecule has 2 atom stereocenters. The van der Waals surface area contributed by atoms with Gasteiger partial charge in [-0.3, -0.25) is 9.69 Å². The molecule has 0 amide bonds. The van der Waals surface area contributed by atoms with Crippen molar-refractivity contribution in [2.75, 3.05) is 14.2 Å². The zero-order valence-electron chi connectivity index (χ0n) is 21.5. The number of rotatable bonds is 11. The Morgan fingerprint density at radius 1 is 0.757 bits per heavy atom. The predicted molar refractivity (Wildman–Crippen MR) is 147 cm³/mol. The summed E-state index contributed by atoms with van der Waals surface area (Å²) >= 11 is 0. The van der Waals surface area contributed by atoms with E-state index in [-0.39, 0.29) is 18.5 Å². The zero-order chi connectivity index (χ0) is 26.2. The molecule has 4 rings (SSSR count). The fourth-order valence-electron chi connectivity index (χ4n) is 4.77. The molecule has 4 aromatic rings. The molecule has 190 valence electrons. The van der Waals surface area contributed by atoms with Crippen molar-refractivity contribution >= 4 is 5.97 Å². The molecule has 0 bridgehead atoms. The Morgan fingerprint density at radius 2 is 1.38 bits per heavy atom. The van der Waals surface area contributed by atoms with Crippen molar-refractivity contribution in [3.8, 4) is 22.6 Å². The average Bonchev–Trinajstić information content (AvgIpc) is 2.95. The third-order valence-corrected chi connectivity index (χ3v) is 6.74. The van der Waals surface area contributed by atoms with Crippen LogP contribution < -0.4 is 9.47 Å². The van der Waals surface area contributed by atoms with Gasteiger partial charge >= 0.3 is 5.97 Å². The number of ether oxygens (including phenoxy) is 2. The normalized spacial score (nSPS) is 12.6. The van der Waals surface area contributed by atoms with Gasteiger partial charge in [0.25, 0.3) is 0 Å². The summed E-state index contributed by atoms with van der Waals surface area (Å²) in [7, 11) is 3.23. The minimum Gasteiger partial charge on any atom is -0.493 e. The first kappa shape index (κ1) is 26.0. The standard InChI is InChI=1S/C32H33NO4/c1-23(25-13-8-5-9-14-25)33(22-24-11-6-4-7-12-24)29(21-32(34)35)28-16-10-15-26(19-28)27-17-18-30(36-2)31(20-27)37-3/h4-20,23,29H,21-22H2,1-3H3,(H,34,35)/t23-,29+/m1/s1. The first-order valence-corrected chi connectivity index (χ1v) is 12.4. The molecule has 0 fully saturated rings. The topological polar surface area (TPSA) is 59.0 Å². The number of nitrogens with zero attached hydrogens (tertiary/aromatic N) is 1. The molecule has 0 aliphatic rings. The fourth-order valence-corrected chi connectivity index (χ4v) is 4.77. The molecular weight excluding hydrogens is 462 g/mol. The Balaban J connectivity index is 1.78. The lowest BCUT2D eigenvalue weighted by atomic mass is 9.94. The van der Waals surface area contributed by atoms with Crippen LogP contribution in [0.3, 0.4) is 0 Å². The number of methoxy groups -OCH3 is 2. The maximum Gasteiger partial charge on any atom is 0.305 e. The summed E-state index contributed by atoms with van der Waals surface area (Å²) in [6.07, 6.45) is -0.0145. The second-order valence-electron chi connectivity index (χ2n) is 9.05. The Kier molecular flexibility index (Phi) is 8.60. The van der Waals surface area contributed by atoms with Crippen LogP contribution in [-0.2, 0) is 11.3 Å². The van der Waals surface area contributed by atoms with Crippen molar-refractivity contribution < 1.29 is 19.4 Å². The van der Waals surface area contributed by atoms with Gasteiger partial charge in [-0.25, -0.2) is 0 Å². The van der Waals surface area contributed by atoms with E-state index in [1.165, 1.54) is 0 Å². The van der Waals surface area contributed by atoms with E-state index in [4.69, 9.17) is 9.47 Å². The van der Waals surface area contributed by atoms with Gasteiger partial charge < -0.3 is 14.6 Å². The maximum atomic E-state index is 12.2. The van der Waals surface area contributed by atoms with Crippen molar-refractivity contribution in [3.05, 3.63) is 120 Å². The second-order valence-corrected chi connectivity index (χ2v) is 9.05. The Hall–Kier alpha value is -4.09. The molecule has 0 saturated carbocycles.